The number of carbonyl (C=O) groups is 2. The SMILES string of the molecule is NC(=O)[C@H]1CC(C(=O)N2CCc3cncnc3C2)=NN1c1ccccc1. The number of anilines is 1. The summed E-state index contributed by atoms with van der Waals surface area (Å²) in [6.45, 7) is 0.993. The number of hydrazone groups is 1. The first-order valence-corrected chi connectivity index (χ1v) is 8.41. The molecule has 2 N–H and O–H groups in total. The summed E-state index contributed by atoms with van der Waals surface area (Å²) in [6.07, 6.45) is 4.19. The van der Waals surface area contributed by atoms with Crippen molar-refractivity contribution in [2.75, 3.05) is 11.6 Å². The Hall–Kier alpha value is -3.29. The van der Waals surface area contributed by atoms with Gasteiger partial charge in [0.25, 0.3) is 5.91 Å². The number of primary amides is 1. The van der Waals surface area contributed by atoms with E-state index in [9.17, 15) is 9.59 Å². The van der Waals surface area contributed by atoms with E-state index in [-0.39, 0.29) is 12.3 Å². The van der Waals surface area contributed by atoms with Crippen LogP contribution in [0, 0.1) is 0 Å². The molecule has 1 aromatic carbocycles. The van der Waals surface area contributed by atoms with E-state index in [4.69, 9.17) is 5.73 Å². The smallest absolute Gasteiger partial charge is 0.270 e. The summed E-state index contributed by atoms with van der Waals surface area (Å²) >= 11 is 0. The second kappa shape index (κ2) is 6.55. The van der Waals surface area contributed by atoms with Gasteiger partial charge in [0.15, 0.2) is 0 Å². The number of fused-ring (bicyclic) bond motifs is 1. The van der Waals surface area contributed by atoms with Crippen LogP contribution in [0.4, 0.5) is 5.69 Å². The number of hydrogen-bond donors (Lipinski definition) is 1. The lowest BCUT2D eigenvalue weighted by Gasteiger charge is -2.27. The van der Waals surface area contributed by atoms with E-state index in [2.05, 4.69) is 15.1 Å². The van der Waals surface area contributed by atoms with Gasteiger partial charge < -0.3 is 10.6 Å². The Morgan fingerprint density at radius 2 is 2.00 bits per heavy atom. The molecule has 0 radical (unpaired) electrons. The zero-order chi connectivity index (χ0) is 18.1. The highest BCUT2D eigenvalue weighted by molar-refractivity contribution is 6.40. The molecule has 0 saturated heterocycles. The summed E-state index contributed by atoms with van der Waals surface area (Å²) < 4.78 is 0. The van der Waals surface area contributed by atoms with Gasteiger partial charge in [-0.2, -0.15) is 5.10 Å². The first-order valence-electron chi connectivity index (χ1n) is 8.41. The molecule has 0 fully saturated rings. The molecule has 0 spiro atoms. The molecular weight excluding hydrogens is 332 g/mol. The van der Waals surface area contributed by atoms with E-state index in [0.29, 0.717) is 25.2 Å². The number of nitrogens with two attached hydrogens (primary N) is 1. The van der Waals surface area contributed by atoms with Crippen LogP contribution in [-0.4, -0.2) is 45.0 Å². The standard InChI is InChI=1S/C18H18N6O2/c19-17(25)16-8-14(22-24(16)13-4-2-1-3-5-13)18(26)23-7-6-12-9-20-11-21-15(12)10-23/h1-5,9,11,16H,6-8,10H2,(H2,19,25)/t16-/m1/s1. The number of carbonyl (C=O) groups excluding carboxylic acids is 2. The monoisotopic (exact) mass is 350 g/mol. The van der Waals surface area contributed by atoms with Crippen molar-refractivity contribution in [2.24, 2.45) is 10.8 Å². The first-order chi connectivity index (χ1) is 12.6. The van der Waals surface area contributed by atoms with Gasteiger partial charge in [0, 0.05) is 19.2 Å². The lowest BCUT2D eigenvalue weighted by Crippen LogP contribution is -2.42. The van der Waals surface area contributed by atoms with E-state index in [1.807, 2.05) is 30.3 Å². The van der Waals surface area contributed by atoms with Gasteiger partial charge in [-0.25, -0.2) is 9.97 Å². The fourth-order valence-corrected chi connectivity index (χ4v) is 3.29. The molecule has 2 aliphatic rings. The molecule has 2 aliphatic heterocycles. The summed E-state index contributed by atoms with van der Waals surface area (Å²) in [5.74, 6) is -0.684. The van der Waals surface area contributed by atoms with Crippen LogP contribution in [0.2, 0.25) is 0 Å². The maximum Gasteiger partial charge on any atom is 0.270 e. The quantitative estimate of drug-likeness (QED) is 0.867. The molecular formula is C18H18N6O2. The number of aromatic nitrogens is 2. The van der Waals surface area contributed by atoms with Crippen LogP contribution < -0.4 is 10.7 Å². The summed E-state index contributed by atoms with van der Waals surface area (Å²) in [5, 5.41) is 5.95. The molecule has 1 aromatic heterocycles. The Kier molecular flexibility index (Phi) is 4.08. The second-order valence-corrected chi connectivity index (χ2v) is 6.32. The molecule has 0 bridgehead atoms. The summed E-state index contributed by atoms with van der Waals surface area (Å²) in [7, 11) is 0. The van der Waals surface area contributed by atoms with Crippen LogP contribution in [0.5, 0.6) is 0 Å². The molecule has 8 heteroatoms. The van der Waals surface area contributed by atoms with Crippen LogP contribution in [0.3, 0.4) is 0 Å². The lowest BCUT2D eigenvalue weighted by atomic mass is 10.0. The maximum atomic E-state index is 12.9. The molecule has 2 amide bonds. The zero-order valence-corrected chi connectivity index (χ0v) is 14.1. The van der Waals surface area contributed by atoms with E-state index in [1.54, 1.807) is 11.1 Å². The van der Waals surface area contributed by atoms with Gasteiger partial charge in [0.2, 0.25) is 5.91 Å². The van der Waals surface area contributed by atoms with Crippen molar-refractivity contribution in [1.82, 2.24) is 14.9 Å². The Morgan fingerprint density at radius 1 is 1.19 bits per heavy atom. The fourth-order valence-electron chi connectivity index (χ4n) is 3.29. The van der Waals surface area contributed by atoms with E-state index < -0.39 is 11.9 Å². The number of para-hydroxylation sites is 1. The van der Waals surface area contributed by atoms with E-state index >= 15 is 0 Å². The topological polar surface area (TPSA) is 105 Å². The van der Waals surface area contributed by atoms with Crippen LogP contribution in [0.15, 0.2) is 48.0 Å². The minimum Gasteiger partial charge on any atom is -0.368 e. The van der Waals surface area contributed by atoms with Crippen molar-refractivity contribution >= 4 is 23.2 Å². The molecule has 132 valence electrons. The Bertz CT molecular complexity index is 882. The van der Waals surface area contributed by atoms with Crippen molar-refractivity contribution in [3.63, 3.8) is 0 Å². The number of amides is 2. The molecule has 3 heterocycles. The minimum absolute atomic E-state index is 0.182. The molecule has 26 heavy (non-hydrogen) atoms. The van der Waals surface area contributed by atoms with Gasteiger partial charge in [-0.05, 0) is 24.1 Å². The van der Waals surface area contributed by atoms with Crippen molar-refractivity contribution in [3.8, 4) is 0 Å². The molecule has 0 saturated carbocycles. The van der Waals surface area contributed by atoms with Crippen molar-refractivity contribution in [1.29, 1.82) is 0 Å². The molecule has 1 atom stereocenters. The number of nitrogens with zero attached hydrogens (tertiary/aromatic N) is 5. The van der Waals surface area contributed by atoms with Gasteiger partial charge in [-0.15, -0.1) is 0 Å². The lowest BCUT2D eigenvalue weighted by molar-refractivity contribution is -0.125. The average molecular weight is 350 g/mol. The van der Waals surface area contributed by atoms with Crippen molar-refractivity contribution in [2.45, 2.75) is 25.4 Å². The Balaban J connectivity index is 1.57. The predicted molar refractivity (Wildman–Crippen MR) is 95.1 cm³/mol. The Morgan fingerprint density at radius 3 is 2.77 bits per heavy atom. The number of benzene rings is 1. The molecule has 0 aliphatic carbocycles. The summed E-state index contributed by atoms with van der Waals surface area (Å²) in [5.41, 5.74) is 8.52. The van der Waals surface area contributed by atoms with Gasteiger partial charge in [-0.3, -0.25) is 14.6 Å². The number of hydrogen-bond acceptors (Lipinski definition) is 6. The van der Waals surface area contributed by atoms with Gasteiger partial charge in [-0.1, -0.05) is 18.2 Å². The van der Waals surface area contributed by atoms with Crippen LogP contribution in [0.25, 0.3) is 0 Å². The highest BCUT2D eigenvalue weighted by Gasteiger charge is 2.37. The zero-order valence-electron chi connectivity index (χ0n) is 14.1. The van der Waals surface area contributed by atoms with Crippen LogP contribution >= 0.6 is 0 Å². The summed E-state index contributed by atoms with van der Waals surface area (Å²) in [4.78, 5) is 34.8. The maximum absolute atomic E-state index is 12.9. The first kappa shape index (κ1) is 16.2. The average Bonchev–Trinajstić information content (AvgIpc) is 3.13. The van der Waals surface area contributed by atoms with Crippen molar-refractivity contribution in [3.05, 3.63) is 54.1 Å². The fraction of sp³-hybridized carbons (Fsp3) is 0.278. The third kappa shape index (κ3) is 2.90. The third-order valence-corrected chi connectivity index (χ3v) is 4.67. The van der Waals surface area contributed by atoms with Crippen LogP contribution in [0.1, 0.15) is 17.7 Å². The molecule has 0 unspecified atom stereocenters. The van der Waals surface area contributed by atoms with Gasteiger partial charge >= 0.3 is 0 Å². The highest BCUT2D eigenvalue weighted by Crippen LogP contribution is 2.26. The highest BCUT2D eigenvalue weighted by atomic mass is 16.2. The van der Waals surface area contributed by atoms with Crippen LogP contribution in [-0.2, 0) is 22.6 Å². The third-order valence-electron chi connectivity index (χ3n) is 4.67. The Labute approximate surface area is 150 Å². The predicted octanol–water partition coefficient (Wildman–Crippen LogP) is 0.482. The number of rotatable bonds is 3. The second-order valence-electron chi connectivity index (χ2n) is 6.32. The molecule has 8 nitrogen and oxygen atoms in total. The largest absolute Gasteiger partial charge is 0.368 e. The minimum atomic E-state index is -0.657. The molecule has 4 rings (SSSR count). The summed E-state index contributed by atoms with van der Waals surface area (Å²) in [6, 6.07) is 8.59. The molecule has 2 aromatic rings. The van der Waals surface area contributed by atoms with Gasteiger partial charge in [0.1, 0.15) is 18.1 Å². The van der Waals surface area contributed by atoms with E-state index in [1.165, 1.54) is 11.3 Å². The van der Waals surface area contributed by atoms with E-state index in [0.717, 1.165) is 16.9 Å². The normalized spacial score (nSPS) is 19.1. The van der Waals surface area contributed by atoms with Crippen molar-refractivity contribution < 1.29 is 9.59 Å². The van der Waals surface area contributed by atoms with Gasteiger partial charge in [0.05, 0.1) is 17.9 Å².